The molecule has 2 atom stereocenters. The molecule has 0 aliphatic heterocycles. The summed E-state index contributed by atoms with van der Waals surface area (Å²) in [7, 11) is 0. The predicted molar refractivity (Wildman–Crippen MR) is 79.0 cm³/mol. The molecule has 1 aromatic rings. The standard InChI is InChI=1S/C13H19FN4OS/c1-20-10-5-3-2-4-9(10)17-13(19)8-6-7-16-12(18-15)11(8)14/h6-7,9-10H,2-5,15H2,1H3,(H,16,18)(H,17,19). The largest absolute Gasteiger partial charge is 0.348 e. The molecule has 110 valence electrons. The third-order valence-corrected chi connectivity index (χ3v) is 4.76. The lowest BCUT2D eigenvalue weighted by Gasteiger charge is -2.31. The van der Waals surface area contributed by atoms with Gasteiger partial charge in [0.15, 0.2) is 11.6 Å². The molecular formula is C13H19FN4OS. The maximum Gasteiger partial charge on any atom is 0.254 e. The number of thioether (sulfide) groups is 1. The summed E-state index contributed by atoms with van der Waals surface area (Å²) in [6, 6.07) is 1.45. The molecule has 0 saturated heterocycles. The number of aromatic nitrogens is 1. The second kappa shape index (κ2) is 6.90. The third-order valence-electron chi connectivity index (χ3n) is 3.59. The third kappa shape index (κ3) is 3.21. The summed E-state index contributed by atoms with van der Waals surface area (Å²) in [5.74, 6) is 3.91. The van der Waals surface area contributed by atoms with Crippen molar-refractivity contribution >= 4 is 23.5 Å². The average molecular weight is 298 g/mol. The first-order valence-electron chi connectivity index (χ1n) is 6.62. The zero-order chi connectivity index (χ0) is 14.5. The average Bonchev–Trinajstić information content (AvgIpc) is 2.48. The molecule has 1 amide bonds. The summed E-state index contributed by atoms with van der Waals surface area (Å²) >= 11 is 1.75. The molecule has 0 bridgehead atoms. The van der Waals surface area contributed by atoms with E-state index in [1.54, 1.807) is 11.8 Å². The summed E-state index contributed by atoms with van der Waals surface area (Å²) in [5, 5.41) is 3.33. The topological polar surface area (TPSA) is 80.0 Å². The Kier molecular flexibility index (Phi) is 5.19. The van der Waals surface area contributed by atoms with Crippen LogP contribution in [0.25, 0.3) is 0 Å². The van der Waals surface area contributed by atoms with Crippen LogP contribution in [0.3, 0.4) is 0 Å². The highest BCUT2D eigenvalue weighted by Crippen LogP contribution is 2.27. The number of nitrogens with zero attached hydrogens (tertiary/aromatic N) is 1. The van der Waals surface area contributed by atoms with Crippen LogP contribution in [0, 0.1) is 5.82 Å². The summed E-state index contributed by atoms with van der Waals surface area (Å²) in [4.78, 5) is 15.9. The number of anilines is 1. The van der Waals surface area contributed by atoms with Gasteiger partial charge >= 0.3 is 0 Å². The first-order chi connectivity index (χ1) is 9.67. The lowest BCUT2D eigenvalue weighted by atomic mass is 9.94. The number of carbonyl (C=O) groups excluding carboxylic acids is 1. The summed E-state index contributed by atoms with van der Waals surface area (Å²) < 4.78 is 14.0. The quantitative estimate of drug-likeness (QED) is 0.584. The van der Waals surface area contributed by atoms with E-state index in [1.807, 2.05) is 6.26 Å². The van der Waals surface area contributed by atoms with E-state index in [0.29, 0.717) is 5.25 Å². The van der Waals surface area contributed by atoms with Gasteiger partial charge in [0.05, 0.1) is 5.56 Å². The lowest BCUT2D eigenvalue weighted by molar-refractivity contribution is 0.0925. The second-order valence-corrected chi connectivity index (χ2v) is 5.88. The molecular weight excluding hydrogens is 279 g/mol. The van der Waals surface area contributed by atoms with E-state index in [2.05, 4.69) is 15.7 Å². The molecule has 1 aliphatic rings. The van der Waals surface area contributed by atoms with Crippen molar-refractivity contribution in [2.45, 2.75) is 37.0 Å². The van der Waals surface area contributed by atoms with Crippen LogP contribution >= 0.6 is 11.8 Å². The fourth-order valence-electron chi connectivity index (χ4n) is 2.51. The Labute approximate surface area is 121 Å². The van der Waals surface area contributed by atoms with Crippen LogP contribution in [0.2, 0.25) is 0 Å². The summed E-state index contributed by atoms with van der Waals surface area (Å²) in [6.07, 6.45) is 7.70. The number of hydrogen-bond acceptors (Lipinski definition) is 5. The number of rotatable bonds is 4. The van der Waals surface area contributed by atoms with Gasteiger partial charge in [-0.1, -0.05) is 12.8 Å². The smallest absolute Gasteiger partial charge is 0.254 e. The van der Waals surface area contributed by atoms with Crippen LogP contribution in [0.1, 0.15) is 36.0 Å². The minimum atomic E-state index is -0.719. The minimum absolute atomic E-state index is 0.0293. The Bertz CT molecular complexity index is 485. The number of pyridine rings is 1. The molecule has 0 radical (unpaired) electrons. The van der Waals surface area contributed by atoms with Crippen molar-refractivity contribution in [2.75, 3.05) is 11.7 Å². The molecule has 1 saturated carbocycles. The minimum Gasteiger partial charge on any atom is -0.348 e. The number of amides is 1. The molecule has 7 heteroatoms. The molecule has 1 aromatic heterocycles. The Morgan fingerprint density at radius 2 is 2.25 bits per heavy atom. The predicted octanol–water partition coefficient (Wildman–Crippen LogP) is 1.91. The zero-order valence-corrected chi connectivity index (χ0v) is 12.2. The molecule has 5 nitrogen and oxygen atoms in total. The Balaban J connectivity index is 2.11. The molecule has 0 spiro atoms. The highest BCUT2D eigenvalue weighted by Gasteiger charge is 2.27. The molecule has 1 fully saturated rings. The van der Waals surface area contributed by atoms with Gasteiger partial charge in [0, 0.05) is 17.5 Å². The van der Waals surface area contributed by atoms with Crippen LogP contribution in [0.15, 0.2) is 12.3 Å². The molecule has 2 unspecified atom stereocenters. The summed E-state index contributed by atoms with van der Waals surface area (Å²) in [6.45, 7) is 0. The molecule has 1 heterocycles. The molecule has 4 N–H and O–H groups in total. The molecule has 2 rings (SSSR count). The van der Waals surface area contributed by atoms with E-state index in [1.165, 1.54) is 18.7 Å². The van der Waals surface area contributed by atoms with Crippen molar-refractivity contribution in [1.29, 1.82) is 0 Å². The van der Waals surface area contributed by atoms with Gasteiger partial charge in [0.2, 0.25) is 0 Å². The molecule has 1 aliphatic carbocycles. The van der Waals surface area contributed by atoms with Gasteiger partial charge in [0.25, 0.3) is 5.91 Å². The zero-order valence-electron chi connectivity index (χ0n) is 11.4. The maximum atomic E-state index is 14.0. The van der Waals surface area contributed by atoms with E-state index in [-0.39, 0.29) is 17.4 Å². The van der Waals surface area contributed by atoms with Crippen LogP contribution in [-0.4, -0.2) is 28.4 Å². The van der Waals surface area contributed by atoms with Gasteiger partial charge in [-0.25, -0.2) is 15.2 Å². The first kappa shape index (κ1) is 15.1. The van der Waals surface area contributed by atoms with Crippen molar-refractivity contribution in [3.05, 3.63) is 23.6 Å². The van der Waals surface area contributed by atoms with Gasteiger partial charge in [0.1, 0.15) is 0 Å². The fourth-order valence-corrected chi connectivity index (χ4v) is 3.44. The van der Waals surface area contributed by atoms with Crippen molar-refractivity contribution < 1.29 is 9.18 Å². The first-order valence-corrected chi connectivity index (χ1v) is 7.91. The van der Waals surface area contributed by atoms with Crippen LogP contribution in [0.5, 0.6) is 0 Å². The van der Waals surface area contributed by atoms with Crippen LogP contribution < -0.4 is 16.6 Å². The number of halogens is 1. The molecule has 20 heavy (non-hydrogen) atoms. The van der Waals surface area contributed by atoms with Crippen molar-refractivity contribution in [2.24, 2.45) is 5.84 Å². The Morgan fingerprint density at radius 1 is 1.50 bits per heavy atom. The number of nitrogen functional groups attached to an aromatic ring is 1. The second-order valence-electron chi connectivity index (χ2n) is 4.80. The maximum absolute atomic E-state index is 14.0. The van der Waals surface area contributed by atoms with Gasteiger partial charge in [-0.2, -0.15) is 11.8 Å². The SMILES string of the molecule is CSC1CCCCC1NC(=O)c1ccnc(NN)c1F. The van der Waals surface area contributed by atoms with Gasteiger partial charge < -0.3 is 10.7 Å². The van der Waals surface area contributed by atoms with Crippen molar-refractivity contribution in [1.82, 2.24) is 10.3 Å². The lowest BCUT2D eigenvalue weighted by Crippen LogP contribution is -2.44. The van der Waals surface area contributed by atoms with E-state index in [9.17, 15) is 9.18 Å². The van der Waals surface area contributed by atoms with Crippen molar-refractivity contribution in [3.63, 3.8) is 0 Å². The van der Waals surface area contributed by atoms with Crippen LogP contribution in [0.4, 0.5) is 10.2 Å². The number of nitrogens with one attached hydrogen (secondary N) is 2. The molecule has 0 aromatic carbocycles. The highest BCUT2D eigenvalue weighted by atomic mass is 32.2. The van der Waals surface area contributed by atoms with Crippen LogP contribution in [-0.2, 0) is 0 Å². The van der Waals surface area contributed by atoms with E-state index in [0.717, 1.165) is 19.3 Å². The fraction of sp³-hybridized carbons (Fsp3) is 0.538. The van der Waals surface area contributed by atoms with Gasteiger partial charge in [-0.15, -0.1) is 0 Å². The van der Waals surface area contributed by atoms with Crippen molar-refractivity contribution in [3.8, 4) is 0 Å². The highest BCUT2D eigenvalue weighted by molar-refractivity contribution is 7.99. The van der Waals surface area contributed by atoms with Gasteiger partial charge in [-0.05, 0) is 25.2 Å². The number of hydrogen-bond donors (Lipinski definition) is 3. The van der Waals surface area contributed by atoms with E-state index >= 15 is 0 Å². The Hall–Kier alpha value is -1.34. The number of hydrazine groups is 1. The number of carbonyl (C=O) groups is 1. The van der Waals surface area contributed by atoms with Gasteiger partial charge in [-0.3, -0.25) is 4.79 Å². The number of nitrogens with two attached hydrogens (primary N) is 1. The monoisotopic (exact) mass is 298 g/mol. The Morgan fingerprint density at radius 3 is 2.95 bits per heavy atom. The van der Waals surface area contributed by atoms with E-state index < -0.39 is 11.7 Å². The van der Waals surface area contributed by atoms with E-state index in [4.69, 9.17) is 5.84 Å². The summed E-state index contributed by atoms with van der Waals surface area (Å²) in [5.41, 5.74) is 2.11. The normalized spacial score (nSPS) is 22.4.